The van der Waals surface area contributed by atoms with Crippen molar-refractivity contribution in [2.75, 3.05) is 6.54 Å². The van der Waals surface area contributed by atoms with Gasteiger partial charge in [-0.15, -0.1) is 0 Å². The number of piperidine rings is 1. The van der Waals surface area contributed by atoms with E-state index in [1.54, 1.807) is 0 Å². The zero-order valence-electron chi connectivity index (χ0n) is 12.5. The van der Waals surface area contributed by atoms with Gasteiger partial charge in [0.25, 0.3) is 0 Å². The molecule has 22 heavy (non-hydrogen) atoms. The molecule has 3 nitrogen and oxygen atoms in total. The summed E-state index contributed by atoms with van der Waals surface area (Å²) in [6, 6.07) is 14.1. The van der Waals surface area contributed by atoms with Gasteiger partial charge in [0.2, 0.25) is 0 Å². The Morgan fingerprint density at radius 2 is 1.95 bits per heavy atom. The van der Waals surface area contributed by atoms with Gasteiger partial charge in [0.05, 0.1) is 0 Å². The third-order valence-electron chi connectivity index (χ3n) is 4.54. The molecule has 2 aromatic carbocycles. The lowest BCUT2D eigenvalue weighted by atomic mass is 9.96. The van der Waals surface area contributed by atoms with Gasteiger partial charge in [-0.1, -0.05) is 24.6 Å². The topological polar surface area (TPSA) is 42.2 Å². The number of hydrogen-bond donors (Lipinski definition) is 1. The van der Waals surface area contributed by atoms with Gasteiger partial charge < -0.3 is 9.73 Å². The Kier molecular flexibility index (Phi) is 3.43. The van der Waals surface area contributed by atoms with E-state index >= 15 is 0 Å². The van der Waals surface area contributed by atoms with E-state index in [9.17, 15) is 4.79 Å². The summed E-state index contributed by atoms with van der Waals surface area (Å²) in [4.78, 5) is 12.5. The molecule has 0 aliphatic carbocycles. The third-order valence-corrected chi connectivity index (χ3v) is 4.54. The molecule has 1 aliphatic heterocycles. The molecule has 1 fully saturated rings. The summed E-state index contributed by atoms with van der Waals surface area (Å²) in [5, 5.41) is 5.54. The highest BCUT2D eigenvalue weighted by atomic mass is 16.3. The highest BCUT2D eigenvalue weighted by Crippen LogP contribution is 2.29. The summed E-state index contributed by atoms with van der Waals surface area (Å²) in [6.07, 6.45) is 4.12. The molecule has 1 unspecified atom stereocenters. The first kappa shape index (κ1) is 13.5. The zero-order chi connectivity index (χ0) is 14.9. The smallest absolute Gasteiger partial charge is 0.164 e. The summed E-state index contributed by atoms with van der Waals surface area (Å²) in [5.74, 6) is 0.214. The largest absolute Gasteiger partial charge is 0.456 e. The van der Waals surface area contributed by atoms with Gasteiger partial charge in [-0.3, -0.25) is 4.79 Å². The second kappa shape index (κ2) is 5.58. The van der Waals surface area contributed by atoms with E-state index < -0.39 is 0 Å². The average Bonchev–Trinajstić information content (AvgIpc) is 2.93. The van der Waals surface area contributed by atoms with Crippen LogP contribution in [0.2, 0.25) is 0 Å². The fraction of sp³-hybridized carbons (Fsp3) is 0.316. The van der Waals surface area contributed by atoms with Gasteiger partial charge in [-0.05, 0) is 43.7 Å². The first-order valence-electron chi connectivity index (χ1n) is 7.99. The number of carbonyl (C=O) groups is 1. The van der Waals surface area contributed by atoms with Gasteiger partial charge in [-0.25, -0.2) is 0 Å². The van der Waals surface area contributed by atoms with Crippen LogP contribution < -0.4 is 5.32 Å². The van der Waals surface area contributed by atoms with Crippen LogP contribution in [0.4, 0.5) is 0 Å². The molecule has 0 bridgehead atoms. The zero-order valence-corrected chi connectivity index (χ0v) is 12.5. The molecule has 1 aromatic heterocycles. The lowest BCUT2D eigenvalue weighted by Crippen LogP contribution is -2.35. The maximum atomic E-state index is 12.5. The molecule has 1 aliphatic rings. The van der Waals surface area contributed by atoms with Crippen LogP contribution in [0.3, 0.4) is 0 Å². The number of para-hydroxylation sites is 1. The summed E-state index contributed by atoms with van der Waals surface area (Å²) >= 11 is 0. The van der Waals surface area contributed by atoms with E-state index in [-0.39, 0.29) is 5.78 Å². The highest BCUT2D eigenvalue weighted by molar-refractivity contribution is 6.08. The lowest BCUT2D eigenvalue weighted by molar-refractivity contribution is 0.0964. The summed E-state index contributed by atoms with van der Waals surface area (Å²) < 4.78 is 5.81. The molecule has 0 amide bonds. The number of Topliss-reactive ketones (excluding diaryl/α,β-unsaturated/α-hetero) is 1. The number of furan rings is 1. The number of carbonyl (C=O) groups excluding carboxylic acids is 1. The lowest BCUT2D eigenvalue weighted by Gasteiger charge is -2.22. The molecular weight excluding hydrogens is 274 g/mol. The quantitative estimate of drug-likeness (QED) is 0.732. The number of fused-ring (bicyclic) bond motifs is 3. The minimum absolute atomic E-state index is 0.214. The molecule has 0 spiro atoms. The molecular formula is C19H19NO2. The van der Waals surface area contributed by atoms with E-state index in [1.807, 2.05) is 42.5 Å². The van der Waals surface area contributed by atoms with Crippen LogP contribution in [-0.4, -0.2) is 18.4 Å². The van der Waals surface area contributed by atoms with Crippen molar-refractivity contribution < 1.29 is 9.21 Å². The molecule has 1 saturated heterocycles. The Balaban J connectivity index is 1.66. The molecule has 1 N–H and O–H groups in total. The van der Waals surface area contributed by atoms with Crippen molar-refractivity contribution in [3.63, 3.8) is 0 Å². The summed E-state index contributed by atoms with van der Waals surface area (Å²) in [7, 11) is 0. The minimum Gasteiger partial charge on any atom is -0.456 e. The van der Waals surface area contributed by atoms with Crippen molar-refractivity contribution in [3.8, 4) is 0 Å². The molecule has 112 valence electrons. The SMILES string of the molecule is O=C(CC1CCCCN1)c1ccc2oc3ccccc3c2c1. The van der Waals surface area contributed by atoms with E-state index in [0.29, 0.717) is 12.5 Å². The Morgan fingerprint density at radius 1 is 1.09 bits per heavy atom. The van der Waals surface area contributed by atoms with Crippen molar-refractivity contribution in [2.45, 2.75) is 31.7 Å². The second-order valence-corrected chi connectivity index (χ2v) is 6.08. The highest BCUT2D eigenvalue weighted by Gasteiger charge is 2.18. The number of rotatable bonds is 3. The molecule has 4 rings (SSSR count). The van der Waals surface area contributed by atoms with Crippen molar-refractivity contribution in [1.82, 2.24) is 5.32 Å². The maximum absolute atomic E-state index is 12.5. The van der Waals surface area contributed by atoms with E-state index in [4.69, 9.17) is 4.42 Å². The average molecular weight is 293 g/mol. The Labute approximate surface area is 129 Å². The van der Waals surface area contributed by atoms with Crippen molar-refractivity contribution in [1.29, 1.82) is 0 Å². The molecule has 3 aromatic rings. The number of nitrogens with one attached hydrogen (secondary N) is 1. The van der Waals surface area contributed by atoms with Gasteiger partial charge in [0.15, 0.2) is 5.78 Å². The van der Waals surface area contributed by atoms with Crippen LogP contribution in [-0.2, 0) is 0 Å². The normalized spacial score (nSPS) is 18.8. The summed E-state index contributed by atoms with van der Waals surface area (Å²) in [5.41, 5.74) is 2.50. The van der Waals surface area contributed by atoms with Crippen LogP contribution >= 0.6 is 0 Å². The summed E-state index contributed by atoms with van der Waals surface area (Å²) in [6.45, 7) is 1.03. The van der Waals surface area contributed by atoms with Gasteiger partial charge in [0, 0.05) is 28.8 Å². The van der Waals surface area contributed by atoms with Crippen molar-refractivity contribution >= 4 is 27.7 Å². The molecule has 0 saturated carbocycles. The van der Waals surface area contributed by atoms with Crippen molar-refractivity contribution in [3.05, 3.63) is 48.0 Å². The van der Waals surface area contributed by atoms with E-state index in [0.717, 1.165) is 40.5 Å². The monoisotopic (exact) mass is 293 g/mol. The maximum Gasteiger partial charge on any atom is 0.164 e. The van der Waals surface area contributed by atoms with Gasteiger partial charge >= 0.3 is 0 Å². The predicted octanol–water partition coefficient (Wildman–Crippen LogP) is 4.30. The minimum atomic E-state index is 0.214. The molecule has 3 heteroatoms. The van der Waals surface area contributed by atoms with Crippen LogP contribution in [0, 0.1) is 0 Å². The Hall–Kier alpha value is -2.13. The molecule has 1 atom stereocenters. The van der Waals surface area contributed by atoms with Crippen LogP contribution in [0.1, 0.15) is 36.0 Å². The Bertz CT molecular complexity index is 828. The molecule has 2 heterocycles. The van der Waals surface area contributed by atoms with Crippen molar-refractivity contribution in [2.24, 2.45) is 0 Å². The third kappa shape index (κ3) is 2.42. The van der Waals surface area contributed by atoms with E-state index in [2.05, 4.69) is 5.32 Å². The first-order valence-corrected chi connectivity index (χ1v) is 7.99. The van der Waals surface area contributed by atoms with Crippen LogP contribution in [0.25, 0.3) is 21.9 Å². The van der Waals surface area contributed by atoms with Crippen LogP contribution in [0.15, 0.2) is 46.9 Å². The van der Waals surface area contributed by atoms with Gasteiger partial charge in [0.1, 0.15) is 11.2 Å². The standard InChI is InChI=1S/C19H19NO2/c21-17(12-14-5-3-4-10-20-14)13-8-9-19-16(11-13)15-6-1-2-7-18(15)22-19/h1-2,6-9,11,14,20H,3-5,10,12H2. The van der Waals surface area contributed by atoms with E-state index in [1.165, 1.54) is 12.8 Å². The number of hydrogen-bond acceptors (Lipinski definition) is 3. The first-order chi connectivity index (χ1) is 10.8. The predicted molar refractivity (Wildman–Crippen MR) is 88.3 cm³/mol. The number of benzene rings is 2. The molecule has 0 radical (unpaired) electrons. The second-order valence-electron chi connectivity index (χ2n) is 6.08. The fourth-order valence-corrected chi connectivity index (χ4v) is 3.34. The number of ketones is 1. The van der Waals surface area contributed by atoms with Gasteiger partial charge in [-0.2, -0.15) is 0 Å². The fourth-order valence-electron chi connectivity index (χ4n) is 3.34. The van der Waals surface area contributed by atoms with Crippen LogP contribution in [0.5, 0.6) is 0 Å². The Morgan fingerprint density at radius 3 is 2.82 bits per heavy atom.